The summed E-state index contributed by atoms with van der Waals surface area (Å²) in [5.41, 5.74) is 1.13. The van der Waals surface area contributed by atoms with E-state index in [1.54, 1.807) is 0 Å². The van der Waals surface area contributed by atoms with Crippen LogP contribution in [0.25, 0.3) is 0 Å². The molecule has 0 unspecified atom stereocenters. The van der Waals surface area contributed by atoms with Gasteiger partial charge in [0.25, 0.3) is 0 Å². The van der Waals surface area contributed by atoms with Crippen molar-refractivity contribution in [3.05, 3.63) is 65.5 Å². The van der Waals surface area contributed by atoms with Crippen LogP contribution in [-0.2, 0) is 6.61 Å². The largest absolute Gasteiger partial charge is 0.486 e. The Morgan fingerprint density at radius 3 is 2.59 bits per heavy atom. The molecule has 0 saturated heterocycles. The Morgan fingerprint density at radius 1 is 1.18 bits per heavy atom. The van der Waals surface area contributed by atoms with Gasteiger partial charge in [-0.05, 0) is 17.7 Å². The van der Waals surface area contributed by atoms with E-state index in [1.165, 1.54) is 12.1 Å². The fraction of sp³-hybridized carbons (Fsp3) is 0.0714. The average molecular weight is 229 g/mol. The summed E-state index contributed by atoms with van der Waals surface area (Å²) >= 11 is 0. The van der Waals surface area contributed by atoms with Crippen LogP contribution in [0.4, 0.5) is 4.39 Å². The minimum atomic E-state index is -0.648. The molecule has 0 saturated carbocycles. The number of hydrogen-bond donors (Lipinski definition) is 0. The zero-order chi connectivity index (χ0) is 12.1. The van der Waals surface area contributed by atoms with Crippen molar-refractivity contribution in [2.24, 2.45) is 0 Å². The van der Waals surface area contributed by atoms with Gasteiger partial charge in [0.05, 0.1) is 0 Å². The molecule has 0 atom stereocenters. The van der Waals surface area contributed by atoms with Crippen molar-refractivity contribution in [1.82, 2.24) is 0 Å². The molecule has 0 spiro atoms. The van der Waals surface area contributed by atoms with Crippen LogP contribution >= 0.6 is 0 Å². The zero-order valence-corrected chi connectivity index (χ0v) is 9.02. The van der Waals surface area contributed by atoms with Crippen molar-refractivity contribution >= 4 is 6.29 Å². The van der Waals surface area contributed by atoms with Crippen molar-refractivity contribution in [1.29, 1.82) is 0 Å². The van der Waals surface area contributed by atoms with Gasteiger partial charge in [-0.1, -0.05) is 30.3 Å². The maximum atomic E-state index is 13.4. The molecular weight excluding hydrogens is 219 g/mol. The van der Waals surface area contributed by atoms with Gasteiger partial charge in [-0.15, -0.1) is 0 Å². The minimum absolute atomic E-state index is 0.0967. The van der Waals surface area contributed by atoms with Gasteiger partial charge >= 0.3 is 0 Å². The summed E-state index contributed by atoms with van der Waals surface area (Å²) in [6.07, 6.45) is 0.546. The maximum Gasteiger partial charge on any atom is 0.173 e. The molecule has 0 bridgehead atoms. The number of carbonyl (C=O) groups excluding carboxylic acids is 1. The third-order valence-electron chi connectivity index (χ3n) is 2.25. The third-order valence-corrected chi connectivity index (χ3v) is 2.25. The molecule has 17 heavy (non-hydrogen) atoms. The average Bonchev–Trinajstić information content (AvgIpc) is 2.38. The number of halogens is 1. The number of aldehydes is 1. The van der Waals surface area contributed by atoms with Crippen LogP contribution in [0, 0.1) is 11.9 Å². The summed E-state index contributed by atoms with van der Waals surface area (Å²) in [5.74, 6) is -0.551. The summed E-state index contributed by atoms with van der Waals surface area (Å²) in [6.45, 7) is 0.284. The van der Waals surface area contributed by atoms with E-state index in [0.29, 0.717) is 6.29 Å². The Bertz CT molecular complexity index is 509. The molecule has 2 aromatic rings. The molecule has 85 valence electrons. The first kappa shape index (κ1) is 11.3. The van der Waals surface area contributed by atoms with Crippen LogP contribution in [0.15, 0.2) is 42.5 Å². The SMILES string of the molecule is O=Cc1[c]c(F)c(OCc2ccccc2)cc1. The molecule has 0 aromatic heterocycles. The van der Waals surface area contributed by atoms with E-state index in [9.17, 15) is 9.18 Å². The highest BCUT2D eigenvalue weighted by atomic mass is 19.1. The van der Waals surface area contributed by atoms with Crippen molar-refractivity contribution in [2.45, 2.75) is 6.61 Å². The molecule has 0 aliphatic carbocycles. The number of rotatable bonds is 4. The zero-order valence-electron chi connectivity index (χ0n) is 9.02. The van der Waals surface area contributed by atoms with Gasteiger partial charge < -0.3 is 4.74 Å². The van der Waals surface area contributed by atoms with Crippen LogP contribution in [0.5, 0.6) is 5.75 Å². The summed E-state index contributed by atoms with van der Waals surface area (Å²) in [4.78, 5) is 10.4. The van der Waals surface area contributed by atoms with Gasteiger partial charge in [0.15, 0.2) is 17.9 Å². The lowest BCUT2D eigenvalue weighted by atomic mass is 10.2. The highest BCUT2D eigenvalue weighted by Crippen LogP contribution is 2.18. The number of carbonyl (C=O) groups is 1. The molecule has 0 aliphatic rings. The van der Waals surface area contributed by atoms with Crippen molar-refractivity contribution in [3.63, 3.8) is 0 Å². The fourth-order valence-electron chi connectivity index (χ4n) is 1.38. The quantitative estimate of drug-likeness (QED) is 0.753. The second-order valence-corrected chi connectivity index (χ2v) is 3.48. The molecule has 2 rings (SSSR count). The van der Waals surface area contributed by atoms with Gasteiger partial charge in [0, 0.05) is 11.6 Å². The number of hydrogen-bond acceptors (Lipinski definition) is 2. The smallest absolute Gasteiger partial charge is 0.173 e. The normalized spacial score (nSPS) is 9.94. The number of benzene rings is 2. The first-order chi connectivity index (χ1) is 8.29. The summed E-state index contributed by atoms with van der Waals surface area (Å²) in [6, 6.07) is 14.7. The molecular formula is C14H10FO2. The third kappa shape index (κ3) is 2.91. The topological polar surface area (TPSA) is 26.3 Å². The van der Waals surface area contributed by atoms with Crippen LogP contribution in [-0.4, -0.2) is 6.29 Å². The Balaban J connectivity index is 2.07. The second-order valence-electron chi connectivity index (χ2n) is 3.48. The van der Waals surface area contributed by atoms with E-state index >= 15 is 0 Å². The molecule has 0 aliphatic heterocycles. The lowest BCUT2D eigenvalue weighted by molar-refractivity contribution is 0.112. The maximum absolute atomic E-state index is 13.4. The Hall–Kier alpha value is -2.16. The van der Waals surface area contributed by atoms with E-state index in [0.717, 1.165) is 5.56 Å². The molecule has 2 nitrogen and oxygen atoms in total. The van der Waals surface area contributed by atoms with Gasteiger partial charge in [-0.2, -0.15) is 0 Å². The van der Waals surface area contributed by atoms with Crippen LogP contribution in [0.3, 0.4) is 0 Å². The molecule has 0 N–H and O–H groups in total. The Kier molecular flexibility index (Phi) is 3.50. The molecule has 0 heterocycles. The predicted octanol–water partition coefficient (Wildman–Crippen LogP) is 3.02. The highest BCUT2D eigenvalue weighted by Gasteiger charge is 2.05. The molecule has 1 radical (unpaired) electrons. The Labute approximate surface area is 98.7 Å². The van der Waals surface area contributed by atoms with E-state index in [-0.39, 0.29) is 17.9 Å². The minimum Gasteiger partial charge on any atom is -0.486 e. The van der Waals surface area contributed by atoms with Gasteiger partial charge in [-0.3, -0.25) is 4.79 Å². The lowest BCUT2D eigenvalue weighted by Crippen LogP contribution is -1.98. The fourth-order valence-corrected chi connectivity index (χ4v) is 1.38. The second kappa shape index (κ2) is 5.25. The summed E-state index contributed by atoms with van der Waals surface area (Å²) < 4.78 is 18.7. The highest BCUT2D eigenvalue weighted by molar-refractivity contribution is 5.74. The van der Waals surface area contributed by atoms with Crippen LogP contribution < -0.4 is 4.74 Å². The van der Waals surface area contributed by atoms with Crippen molar-refractivity contribution in [3.8, 4) is 5.75 Å². The molecule has 3 heteroatoms. The van der Waals surface area contributed by atoms with E-state index in [4.69, 9.17) is 4.74 Å². The van der Waals surface area contributed by atoms with E-state index in [1.807, 2.05) is 30.3 Å². The van der Waals surface area contributed by atoms with Gasteiger partial charge in [-0.25, -0.2) is 4.39 Å². The summed E-state index contributed by atoms with van der Waals surface area (Å²) in [5, 5.41) is 0. The molecule has 0 fully saturated rings. The first-order valence-electron chi connectivity index (χ1n) is 5.13. The standard InChI is InChI=1S/C14H10FO2/c15-13-8-12(9-16)6-7-14(13)17-10-11-4-2-1-3-5-11/h1-7,9H,10H2. The van der Waals surface area contributed by atoms with Crippen LogP contribution in [0.1, 0.15) is 15.9 Å². The number of ether oxygens (including phenoxy) is 1. The Morgan fingerprint density at radius 2 is 1.94 bits per heavy atom. The lowest BCUT2D eigenvalue weighted by Gasteiger charge is -2.07. The molecule has 0 amide bonds. The molecule has 2 aromatic carbocycles. The van der Waals surface area contributed by atoms with Gasteiger partial charge in [0.1, 0.15) is 6.61 Å². The first-order valence-corrected chi connectivity index (χ1v) is 5.13. The summed E-state index contributed by atoms with van der Waals surface area (Å²) in [7, 11) is 0. The predicted molar refractivity (Wildman–Crippen MR) is 61.4 cm³/mol. The van der Waals surface area contributed by atoms with E-state index in [2.05, 4.69) is 6.07 Å². The monoisotopic (exact) mass is 229 g/mol. The van der Waals surface area contributed by atoms with Crippen LogP contribution in [0.2, 0.25) is 0 Å². The van der Waals surface area contributed by atoms with Crippen molar-refractivity contribution < 1.29 is 13.9 Å². The van der Waals surface area contributed by atoms with Gasteiger partial charge in [0.2, 0.25) is 0 Å². The van der Waals surface area contributed by atoms with Crippen molar-refractivity contribution in [2.75, 3.05) is 0 Å². The van der Waals surface area contributed by atoms with E-state index < -0.39 is 5.82 Å².